The van der Waals surface area contributed by atoms with Gasteiger partial charge in [-0.3, -0.25) is 0 Å². The fourth-order valence-electron chi connectivity index (χ4n) is 1.11. The van der Waals surface area contributed by atoms with E-state index in [-0.39, 0.29) is 0 Å². The van der Waals surface area contributed by atoms with Crippen LogP contribution in [0.2, 0.25) is 0 Å². The van der Waals surface area contributed by atoms with Crippen LogP contribution in [0.15, 0.2) is 21.9 Å². The Balaban J connectivity index is 2.10. The molecule has 4 nitrogen and oxygen atoms in total. The Morgan fingerprint density at radius 3 is 3.07 bits per heavy atom. The van der Waals surface area contributed by atoms with E-state index in [1.165, 1.54) is 0 Å². The van der Waals surface area contributed by atoms with Crippen LogP contribution >= 0.6 is 11.3 Å². The summed E-state index contributed by atoms with van der Waals surface area (Å²) in [6.07, 6.45) is 1.64. The Bertz CT molecular complexity index is 382. The Morgan fingerprint density at radius 1 is 1.43 bits per heavy atom. The highest BCUT2D eigenvalue weighted by Gasteiger charge is 2.08. The number of hydrogen-bond acceptors (Lipinski definition) is 5. The van der Waals surface area contributed by atoms with Gasteiger partial charge >= 0.3 is 0 Å². The first-order valence-corrected chi connectivity index (χ1v) is 5.34. The zero-order valence-corrected chi connectivity index (χ0v) is 8.46. The second-order valence-electron chi connectivity index (χ2n) is 2.87. The highest BCUT2D eigenvalue weighted by atomic mass is 32.1. The molecule has 0 aliphatic heterocycles. The van der Waals surface area contributed by atoms with Gasteiger partial charge in [-0.2, -0.15) is 0 Å². The number of aryl methyl sites for hydroxylation is 1. The molecule has 0 spiro atoms. The number of aromatic nitrogens is 2. The predicted molar refractivity (Wildman–Crippen MR) is 55.0 cm³/mol. The summed E-state index contributed by atoms with van der Waals surface area (Å²) in [4.78, 5) is 1.01. The molecule has 14 heavy (non-hydrogen) atoms. The maximum Gasteiger partial charge on any atom is 0.257 e. The van der Waals surface area contributed by atoms with Gasteiger partial charge in [-0.25, -0.2) is 0 Å². The molecule has 0 aromatic carbocycles. The van der Waals surface area contributed by atoms with E-state index < -0.39 is 0 Å². The molecular formula is C9H11N3OS. The number of thiophene rings is 1. The molecule has 0 fully saturated rings. The molecule has 2 N–H and O–H groups in total. The van der Waals surface area contributed by atoms with E-state index in [0.717, 1.165) is 17.7 Å². The molecule has 0 aliphatic rings. The first-order chi connectivity index (χ1) is 6.90. The van der Waals surface area contributed by atoms with Gasteiger partial charge in [0.25, 0.3) is 5.89 Å². The van der Waals surface area contributed by atoms with Crippen molar-refractivity contribution >= 4 is 11.3 Å². The maximum absolute atomic E-state index is 5.46. The van der Waals surface area contributed by atoms with E-state index in [1.807, 2.05) is 17.5 Å². The van der Waals surface area contributed by atoms with E-state index in [9.17, 15) is 0 Å². The summed E-state index contributed by atoms with van der Waals surface area (Å²) in [5.41, 5.74) is 5.39. The molecule has 0 saturated carbocycles. The average Bonchev–Trinajstić information content (AvgIpc) is 2.85. The number of nitrogens with zero attached hydrogens (tertiary/aromatic N) is 2. The smallest absolute Gasteiger partial charge is 0.257 e. The second kappa shape index (κ2) is 4.34. The van der Waals surface area contributed by atoms with Crippen LogP contribution in [0.5, 0.6) is 0 Å². The van der Waals surface area contributed by atoms with Crippen LogP contribution in [0.25, 0.3) is 10.8 Å². The van der Waals surface area contributed by atoms with Gasteiger partial charge in [-0.05, 0) is 24.4 Å². The quantitative estimate of drug-likeness (QED) is 0.832. The van der Waals surface area contributed by atoms with Gasteiger partial charge in [0.2, 0.25) is 5.89 Å². The molecule has 0 saturated heterocycles. The molecule has 0 radical (unpaired) electrons. The minimum absolute atomic E-state index is 0.604. The SMILES string of the molecule is NCCCc1nnc(-c2cccs2)o1. The van der Waals surface area contributed by atoms with Gasteiger partial charge in [0.05, 0.1) is 4.88 Å². The van der Waals surface area contributed by atoms with Crippen molar-refractivity contribution in [3.8, 4) is 10.8 Å². The largest absolute Gasteiger partial charge is 0.420 e. The summed E-state index contributed by atoms with van der Waals surface area (Å²) in [5, 5.41) is 9.89. The van der Waals surface area contributed by atoms with Crippen molar-refractivity contribution in [2.45, 2.75) is 12.8 Å². The third-order valence-corrected chi connectivity index (χ3v) is 2.65. The van der Waals surface area contributed by atoms with E-state index in [0.29, 0.717) is 18.3 Å². The summed E-state index contributed by atoms with van der Waals surface area (Å²) in [5.74, 6) is 1.27. The van der Waals surface area contributed by atoms with Crippen molar-refractivity contribution in [2.24, 2.45) is 5.73 Å². The minimum Gasteiger partial charge on any atom is -0.420 e. The van der Waals surface area contributed by atoms with Gasteiger partial charge in [-0.15, -0.1) is 21.5 Å². The van der Waals surface area contributed by atoms with E-state index in [2.05, 4.69) is 10.2 Å². The van der Waals surface area contributed by atoms with E-state index in [1.54, 1.807) is 11.3 Å². The Labute approximate surface area is 85.8 Å². The lowest BCUT2D eigenvalue weighted by Crippen LogP contribution is -2.00. The second-order valence-corrected chi connectivity index (χ2v) is 3.82. The summed E-state index contributed by atoms with van der Waals surface area (Å²) >= 11 is 1.59. The highest BCUT2D eigenvalue weighted by Crippen LogP contribution is 2.22. The summed E-state index contributed by atoms with van der Waals surface area (Å²) in [6.45, 7) is 0.650. The molecule has 2 heterocycles. The van der Waals surface area contributed by atoms with Crippen LogP contribution in [0, 0.1) is 0 Å². The van der Waals surface area contributed by atoms with E-state index >= 15 is 0 Å². The lowest BCUT2D eigenvalue weighted by atomic mass is 10.3. The first-order valence-electron chi connectivity index (χ1n) is 4.46. The molecule has 2 aromatic rings. The van der Waals surface area contributed by atoms with Crippen molar-refractivity contribution in [3.63, 3.8) is 0 Å². The molecule has 2 aromatic heterocycles. The molecule has 0 bridgehead atoms. The van der Waals surface area contributed by atoms with Crippen molar-refractivity contribution in [2.75, 3.05) is 6.54 Å². The normalized spacial score (nSPS) is 10.6. The fourth-order valence-corrected chi connectivity index (χ4v) is 1.75. The maximum atomic E-state index is 5.46. The first kappa shape index (κ1) is 9.36. The highest BCUT2D eigenvalue weighted by molar-refractivity contribution is 7.13. The Hall–Kier alpha value is -1.20. The number of rotatable bonds is 4. The summed E-state index contributed by atoms with van der Waals surface area (Å²) in [7, 11) is 0. The van der Waals surface area contributed by atoms with Gasteiger partial charge < -0.3 is 10.2 Å². The molecule has 2 rings (SSSR count). The number of nitrogens with two attached hydrogens (primary N) is 1. The molecule has 0 atom stereocenters. The van der Waals surface area contributed by atoms with Crippen molar-refractivity contribution in [3.05, 3.63) is 23.4 Å². The van der Waals surface area contributed by atoms with Crippen molar-refractivity contribution in [1.82, 2.24) is 10.2 Å². The van der Waals surface area contributed by atoms with Crippen LogP contribution in [-0.4, -0.2) is 16.7 Å². The third kappa shape index (κ3) is 2.00. The van der Waals surface area contributed by atoms with Gasteiger partial charge in [0.1, 0.15) is 0 Å². The lowest BCUT2D eigenvalue weighted by molar-refractivity contribution is 0.500. The molecular weight excluding hydrogens is 198 g/mol. The molecule has 5 heteroatoms. The monoisotopic (exact) mass is 209 g/mol. The summed E-state index contributed by atoms with van der Waals surface area (Å²) < 4.78 is 5.46. The van der Waals surface area contributed by atoms with Gasteiger partial charge in [0, 0.05) is 6.42 Å². The Morgan fingerprint density at radius 2 is 2.36 bits per heavy atom. The molecule has 0 amide bonds. The zero-order valence-electron chi connectivity index (χ0n) is 7.64. The van der Waals surface area contributed by atoms with Crippen LogP contribution in [0.4, 0.5) is 0 Å². The van der Waals surface area contributed by atoms with Crippen molar-refractivity contribution < 1.29 is 4.42 Å². The Kier molecular flexibility index (Phi) is 2.90. The fraction of sp³-hybridized carbons (Fsp3) is 0.333. The van der Waals surface area contributed by atoms with E-state index in [4.69, 9.17) is 10.2 Å². The van der Waals surface area contributed by atoms with Crippen molar-refractivity contribution in [1.29, 1.82) is 0 Å². The van der Waals surface area contributed by atoms with Gasteiger partial charge in [-0.1, -0.05) is 6.07 Å². The topological polar surface area (TPSA) is 64.9 Å². The van der Waals surface area contributed by atoms with Crippen LogP contribution in [-0.2, 0) is 6.42 Å². The predicted octanol–water partition coefficient (Wildman–Crippen LogP) is 1.69. The van der Waals surface area contributed by atoms with Crippen LogP contribution in [0.1, 0.15) is 12.3 Å². The molecule has 0 unspecified atom stereocenters. The van der Waals surface area contributed by atoms with Crippen LogP contribution < -0.4 is 5.73 Å². The summed E-state index contributed by atoms with van der Waals surface area (Å²) in [6, 6.07) is 3.93. The third-order valence-electron chi connectivity index (χ3n) is 1.79. The lowest BCUT2D eigenvalue weighted by Gasteiger charge is -1.89. The van der Waals surface area contributed by atoms with Gasteiger partial charge in [0.15, 0.2) is 0 Å². The van der Waals surface area contributed by atoms with Crippen LogP contribution in [0.3, 0.4) is 0 Å². The average molecular weight is 209 g/mol. The zero-order chi connectivity index (χ0) is 9.80. The number of hydrogen-bond donors (Lipinski definition) is 1. The minimum atomic E-state index is 0.604. The molecule has 0 aliphatic carbocycles. The standard InChI is InChI=1S/C9H11N3OS/c10-5-1-4-8-11-12-9(13-8)7-3-2-6-14-7/h2-3,6H,1,4-5,10H2. The molecule has 74 valence electrons.